The Morgan fingerprint density at radius 2 is 1.97 bits per heavy atom. The molecule has 0 bridgehead atoms. The number of amides is 4. The Hall–Kier alpha value is -2.67. The van der Waals surface area contributed by atoms with Gasteiger partial charge in [-0.2, -0.15) is 0 Å². The number of fused-ring (bicyclic) bond motifs is 2. The molecule has 2 heterocycles. The van der Waals surface area contributed by atoms with Gasteiger partial charge in [-0.15, -0.1) is 0 Å². The van der Waals surface area contributed by atoms with Crippen LogP contribution in [0.15, 0.2) is 35.9 Å². The monoisotopic (exact) mass is 410 g/mol. The first-order valence-electron chi connectivity index (χ1n) is 10.8. The van der Waals surface area contributed by atoms with Gasteiger partial charge in [0.15, 0.2) is 0 Å². The molecule has 3 aliphatic rings. The van der Waals surface area contributed by atoms with E-state index in [1.54, 1.807) is 0 Å². The molecular weight excluding hydrogens is 380 g/mol. The lowest BCUT2D eigenvalue weighted by atomic mass is 9.92. The summed E-state index contributed by atoms with van der Waals surface area (Å²) in [5.41, 5.74) is 2.23. The van der Waals surface area contributed by atoms with Crippen LogP contribution in [0.3, 0.4) is 0 Å². The number of rotatable bonds is 5. The van der Waals surface area contributed by atoms with E-state index in [9.17, 15) is 14.4 Å². The number of allylic oxidation sites excluding steroid dienone is 1. The van der Waals surface area contributed by atoms with Gasteiger partial charge in [0.1, 0.15) is 12.1 Å². The number of likely N-dealkylation sites (tertiary alicyclic amines) is 1. The van der Waals surface area contributed by atoms with Crippen molar-refractivity contribution in [1.82, 2.24) is 20.4 Å². The van der Waals surface area contributed by atoms with Gasteiger partial charge in [-0.1, -0.05) is 35.9 Å². The van der Waals surface area contributed by atoms with Crippen LogP contribution in [0.5, 0.6) is 0 Å². The van der Waals surface area contributed by atoms with Crippen molar-refractivity contribution >= 4 is 17.8 Å². The summed E-state index contributed by atoms with van der Waals surface area (Å²) in [6.07, 6.45) is 5.25. The second-order valence-electron chi connectivity index (χ2n) is 8.81. The molecule has 0 radical (unpaired) electrons. The van der Waals surface area contributed by atoms with Gasteiger partial charge in [0, 0.05) is 25.7 Å². The fourth-order valence-corrected chi connectivity index (χ4v) is 4.72. The van der Waals surface area contributed by atoms with Gasteiger partial charge in [-0.05, 0) is 50.7 Å². The number of hydrogen-bond acceptors (Lipinski definition) is 4. The first-order valence-corrected chi connectivity index (χ1v) is 10.8. The van der Waals surface area contributed by atoms with Gasteiger partial charge >= 0.3 is 6.03 Å². The van der Waals surface area contributed by atoms with Crippen molar-refractivity contribution in [3.63, 3.8) is 0 Å². The van der Waals surface area contributed by atoms with Crippen LogP contribution in [0.4, 0.5) is 4.79 Å². The molecule has 1 aromatic carbocycles. The van der Waals surface area contributed by atoms with Gasteiger partial charge in [-0.3, -0.25) is 19.4 Å². The molecule has 1 aliphatic carbocycles. The maximum atomic E-state index is 13.2. The van der Waals surface area contributed by atoms with E-state index in [0.29, 0.717) is 6.42 Å². The highest BCUT2D eigenvalue weighted by molar-refractivity contribution is 6.09. The van der Waals surface area contributed by atoms with E-state index in [4.69, 9.17) is 0 Å². The zero-order valence-corrected chi connectivity index (χ0v) is 17.7. The van der Waals surface area contributed by atoms with Crippen LogP contribution in [0.25, 0.3) is 0 Å². The van der Waals surface area contributed by atoms with Gasteiger partial charge in [0.05, 0.1) is 0 Å². The largest absolute Gasteiger partial charge is 0.352 e. The molecule has 0 aromatic heterocycles. The number of nitrogens with zero attached hydrogens (tertiary/aromatic N) is 2. The standard InChI is InChI=1S/C23H30N4O3/c1-16(2)8-12-26-13-9-18(10-14-26)24-20(28)15-27-21(29)23(25-22(27)30)11-7-17-5-3-4-6-19(17)23/h3-6,8,18H,7,9-15H2,1-2H3,(H,24,28)(H,25,30). The second kappa shape index (κ2) is 8.22. The van der Waals surface area contributed by atoms with E-state index in [2.05, 4.69) is 35.5 Å². The maximum Gasteiger partial charge on any atom is 0.325 e. The Balaban J connectivity index is 1.33. The molecule has 1 unspecified atom stereocenters. The Bertz CT molecular complexity index is 884. The van der Waals surface area contributed by atoms with E-state index in [-0.39, 0.29) is 24.4 Å². The van der Waals surface area contributed by atoms with Crippen molar-refractivity contribution in [3.8, 4) is 0 Å². The molecule has 2 N–H and O–H groups in total. The molecule has 7 nitrogen and oxygen atoms in total. The molecule has 160 valence electrons. The van der Waals surface area contributed by atoms with Gasteiger partial charge < -0.3 is 10.6 Å². The van der Waals surface area contributed by atoms with Crippen LogP contribution in [0.2, 0.25) is 0 Å². The quantitative estimate of drug-likeness (QED) is 0.574. The van der Waals surface area contributed by atoms with Crippen LogP contribution in [0.1, 0.15) is 44.2 Å². The smallest absolute Gasteiger partial charge is 0.325 e. The highest BCUT2D eigenvalue weighted by Crippen LogP contribution is 2.41. The van der Waals surface area contributed by atoms with E-state index < -0.39 is 11.6 Å². The summed E-state index contributed by atoms with van der Waals surface area (Å²) >= 11 is 0. The van der Waals surface area contributed by atoms with Crippen LogP contribution >= 0.6 is 0 Å². The van der Waals surface area contributed by atoms with E-state index in [1.165, 1.54) is 5.57 Å². The SMILES string of the molecule is CC(C)=CCN1CCC(NC(=O)CN2C(=O)NC3(CCc4ccccc43)C2=O)CC1. The zero-order valence-electron chi connectivity index (χ0n) is 17.7. The molecule has 4 rings (SSSR count). The fraction of sp³-hybridized carbons (Fsp3) is 0.522. The fourth-order valence-electron chi connectivity index (χ4n) is 4.72. The summed E-state index contributed by atoms with van der Waals surface area (Å²) in [7, 11) is 0. The van der Waals surface area contributed by atoms with Crippen molar-refractivity contribution in [2.24, 2.45) is 0 Å². The number of carbonyl (C=O) groups excluding carboxylic acids is 3. The van der Waals surface area contributed by atoms with Crippen molar-refractivity contribution in [2.45, 2.75) is 51.1 Å². The molecule has 30 heavy (non-hydrogen) atoms. The lowest BCUT2D eigenvalue weighted by Gasteiger charge is -2.32. The molecule has 1 aromatic rings. The van der Waals surface area contributed by atoms with Crippen LogP contribution in [0, 0.1) is 0 Å². The van der Waals surface area contributed by atoms with E-state index >= 15 is 0 Å². The summed E-state index contributed by atoms with van der Waals surface area (Å²) in [6, 6.07) is 7.31. The Morgan fingerprint density at radius 1 is 1.23 bits per heavy atom. The highest BCUT2D eigenvalue weighted by atomic mass is 16.2. The molecule has 7 heteroatoms. The minimum atomic E-state index is -1.01. The van der Waals surface area contributed by atoms with Crippen molar-refractivity contribution in [1.29, 1.82) is 0 Å². The number of imide groups is 1. The lowest BCUT2D eigenvalue weighted by molar-refractivity contribution is -0.135. The van der Waals surface area contributed by atoms with Crippen LogP contribution in [-0.4, -0.2) is 59.9 Å². The lowest BCUT2D eigenvalue weighted by Crippen LogP contribution is -2.49. The summed E-state index contributed by atoms with van der Waals surface area (Å²) < 4.78 is 0. The van der Waals surface area contributed by atoms with Gasteiger partial charge in [0.25, 0.3) is 5.91 Å². The van der Waals surface area contributed by atoms with Crippen molar-refractivity contribution in [3.05, 3.63) is 47.0 Å². The summed E-state index contributed by atoms with van der Waals surface area (Å²) in [4.78, 5) is 41.7. The van der Waals surface area contributed by atoms with Gasteiger partial charge in [-0.25, -0.2) is 4.79 Å². The topological polar surface area (TPSA) is 81.8 Å². The number of piperidine rings is 1. The first-order chi connectivity index (χ1) is 14.4. The number of aryl methyl sites for hydroxylation is 1. The molecule has 4 amide bonds. The molecule has 2 saturated heterocycles. The number of benzene rings is 1. The average Bonchev–Trinajstić information content (AvgIpc) is 3.21. The third-order valence-corrected chi connectivity index (χ3v) is 6.43. The third kappa shape index (κ3) is 3.86. The second-order valence-corrected chi connectivity index (χ2v) is 8.81. The van der Waals surface area contributed by atoms with Crippen LogP contribution < -0.4 is 10.6 Å². The van der Waals surface area contributed by atoms with Gasteiger partial charge in [0.2, 0.25) is 5.91 Å². The van der Waals surface area contributed by atoms with Crippen LogP contribution in [-0.2, 0) is 21.5 Å². The maximum absolute atomic E-state index is 13.2. The average molecular weight is 411 g/mol. The molecule has 0 saturated carbocycles. The number of hydrogen-bond donors (Lipinski definition) is 2. The number of carbonyl (C=O) groups is 3. The number of nitrogens with one attached hydrogen (secondary N) is 2. The Morgan fingerprint density at radius 3 is 2.70 bits per heavy atom. The molecule has 1 atom stereocenters. The van der Waals surface area contributed by atoms with E-state index in [1.807, 2.05) is 24.3 Å². The Kier molecular flexibility index (Phi) is 5.64. The molecular formula is C23H30N4O3. The summed E-state index contributed by atoms with van der Waals surface area (Å²) in [5.74, 6) is -0.589. The summed E-state index contributed by atoms with van der Waals surface area (Å²) in [5, 5.41) is 5.88. The molecule has 2 aliphatic heterocycles. The highest BCUT2D eigenvalue weighted by Gasteiger charge is 2.55. The third-order valence-electron chi connectivity index (χ3n) is 6.43. The minimum Gasteiger partial charge on any atom is -0.352 e. The molecule has 2 fully saturated rings. The zero-order chi connectivity index (χ0) is 21.3. The van der Waals surface area contributed by atoms with E-state index in [0.717, 1.165) is 54.9 Å². The van der Waals surface area contributed by atoms with Crippen molar-refractivity contribution < 1.29 is 14.4 Å². The predicted molar refractivity (Wildman–Crippen MR) is 114 cm³/mol. The Labute approximate surface area is 177 Å². The minimum absolute atomic E-state index is 0.0855. The predicted octanol–water partition coefficient (Wildman–Crippen LogP) is 1.93. The summed E-state index contributed by atoms with van der Waals surface area (Å²) in [6.45, 7) is 6.76. The normalized spacial score (nSPS) is 24.1. The number of urea groups is 1. The first kappa shape index (κ1) is 20.6. The van der Waals surface area contributed by atoms with Crippen molar-refractivity contribution in [2.75, 3.05) is 26.2 Å². The molecule has 1 spiro atoms.